The second-order valence-corrected chi connectivity index (χ2v) is 10.5. The minimum atomic E-state index is -0.121. The summed E-state index contributed by atoms with van der Waals surface area (Å²) in [5.74, 6) is 0.798. The average Bonchev–Trinajstić information content (AvgIpc) is 2.75. The van der Waals surface area contributed by atoms with Gasteiger partial charge in [0.1, 0.15) is 0 Å². The molecule has 5 heteroatoms. The van der Waals surface area contributed by atoms with Crippen molar-refractivity contribution in [3.8, 4) is 0 Å². The third-order valence-electron chi connectivity index (χ3n) is 6.84. The van der Waals surface area contributed by atoms with Gasteiger partial charge in [0.25, 0.3) is 5.91 Å². The Morgan fingerprint density at radius 2 is 1.61 bits per heavy atom. The highest BCUT2D eigenvalue weighted by molar-refractivity contribution is 5.94. The van der Waals surface area contributed by atoms with Crippen molar-refractivity contribution >= 4 is 11.8 Å². The van der Waals surface area contributed by atoms with E-state index in [0.29, 0.717) is 18.5 Å². The number of piperidine rings is 1. The fourth-order valence-electron chi connectivity index (χ4n) is 4.81. The first-order valence-electron chi connectivity index (χ1n) is 12.2. The molecule has 172 valence electrons. The fraction of sp³-hybridized carbons (Fsp3) is 0.692. The highest BCUT2D eigenvalue weighted by atomic mass is 16.2. The SMILES string of the molecule is CC(C)(C)c1ccc(C(=O)NCCC(=O)NC2CCN(CC3CCCCC3)CC2)cc1. The highest BCUT2D eigenvalue weighted by Gasteiger charge is 2.23. The van der Waals surface area contributed by atoms with Crippen LogP contribution in [0.3, 0.4) is 0 Å². The average molecular weight is 428 g/mol. The number of amides is 2. The number of rotatable bonds is 7. The van der Waals surface area contributed by atoms with Crippen molar-refractivity contribution in [2.24, 2.45) is 5.92 Å². The van der Waals surface area contributed by atoms with Crippen LogP contribution in [0.5, 0.6) is 0 Å². The quantitative estimate of drug-likeness (QED) is 0.683. The van der Waals surface area contributed by atoms with Crippen LogP contribution in [0.15, 0.2) is 24.3 Å². The van der Waals surface area contributed by atoms with E-state index >= 15 is 0 Å². The van der Waals surface area contributed by atoms with Gasteiger partial charge >= 0.3 is 0 Å². The van der Waals surface area contributed by atoms with Gasteiger partial charge in [0.2, 0.25) is 5.91 Å². The Morgan fingerprint density at radius 3 is 2.23 bits per heavy atom. The van der Waals surface area contributed by atoms with Crippen LogP contribution in [0, 0.1) is 5.92 Å². The lowest BCUT2D eigenvalue weighted by Crippen LogP contribution is -2.46. The van der Waals surface area contributed by atoms with Gasteiger partial charge in [0.15, 0.2) is 0 Å². The summed E-state index contributed by atoms with van der Waals surface area (Å²) in [5.41, 5.74) is 1.91. The molecule has 2 fully saturated rings. The molecule has 0 spiro atoms. The standard InChI is InChI=1S/C26H41N3O2/c1-26(2,3)22-11-9-21(10-12-22)25(31)27-16-13-24(30)28-23-14-17-29(18-15-23)19-20-7-5-4-6-8-20/h9-12,20,23H,4-8,13-19H2,1-3H3,(H,27,31)(H,28,30). The van der Waals surface area contributed by atoms with Crippen LogP contribution >= 0.6 is 0 Å². The van der Waals surface area contributed by atoms with Crippen LogP contribution in [-0.2, 0) is 10.2 Å². The molecule has 1 aromatic rings. The van der Waals surface area contributed by atoms with E-state index in [9.17, 15) is 9.59 Å². The number of hydrogen-bond donors (Lipinski definition) is 2. The molecule has 0 bridgehead atoms. The first-order chi connectivity index (χ1) is 14.8. The predicted molar refractivity (Wildman–Crippen MR) is 126 cm³/mol. The van der Waals surface area contributed by atoms with Crippen molar-refractivity contribution in [2.45, 2.75) is 83.6 Å². The first-order valence-corrected chi connectivity index (χ1v) is 12.2. The molecule has 1 aromatic carbocycles. The van der Waals surface area contributed by atoms with Crippen LogP contribution in [0.2, 0.25) is 0 Å². The Morgan fingerprint density at radius 1 is 0.968 bits per heavy atom. The summed E-state index contributed by atoms with van der Waals surface area (Å²) in [6.45, 7) is 10.2. The molecule has 5 nitrogen and oxygen atoms in total. The number of likely N-dealkylation sites (tertiary alicyclic amines) is 1. The van der Waals surface area contributed by atoms with E-state index in [1.807, 2.05) is 24.3 Å². The van der Waals surface area contributed by atoms with Crippen LogP contribution in [0.1, 0.15) is 88.1 Å². The number of carbonyl (C=O) groups is 2. The molecule has 0 radical (unpaired) electrons. The minimum absolute atomic E-state index is 0.0362. The molecule has 0 aromatic heterocycles. The van der Waals surface area contributed by atoms with Gasteiger partial charge in [-0.05, 0) is 54.7 Å². The van der Waals surface area contributed by atoms with Gasteiger partial charge in [-0.15, -0.1) is 0 Å². The Balaban J connectivity index is 1.31. The second kappa shape index (κ2) is 11.1. The lowest BCUT2D eigenvalue weighted by Gasteiger charge is -2.35. The zero-order valence-corrected chi connectivity index (χ0v) is 19.7. The lowest BCUT2D eigenvalue weighted by molar-refractivity contribution is -0.122. The molecule has 3 rings (SSSR count). The van der Waals surface area contributed by atoms with Gasteiger partial charge < -0.3 is 15.5 Å². The maximum Gasteiger partial charge on any atom is 0.251 e. The molecule has 1 saturated heterocycles. The maximum atomic E-state index is 12.3. The van der Waals surface area contributed by atoms with Crippen molar-refractivity contribution in [2.75, 3.05) is 26.2 Å². The Kier molecular flexibility index (Phi) is 8.53. The predicted octanol–water partition coefficient (Wildman–Crippen LogP) is 4.26. The summed E-state index contributed by atoms with van der Waals surface area (Å²) in [7, 11) is 0. The van der Waals surface area contributed by atoms with Crippen LogP contribution in [-0.4, -0.2) is 48.9 Å². The van der Waals surface area contributed by atoms with Crippen molar-refractivity contribution in [3.05, 3.63) is 35.4 Å². The smallest absolute Gasteiger partial charge is 0.251 e. The van der Waals surface area contributed by atoms with Crippen molar-refractivity contribution in [1.29, 1.82) is 0 Å². The molecule has 1 aliphatic carbocycles. The van der Waals surface area contributed by atoms with Crippen LogP contribution in [0.25, 0.3) is 0 Å². The second-order valence-electron chi connectivity index (χ2n) is 10.5. The van der Waals surface area contributed by atoms with E-state index in [-0.39, 0.29) is 23.3 Å². The van der Waals surface area contributed by atoms with Gasteiger partial charge in [0, 0.05) is 44.2 Å². The minimum Gasteiger partial charge on any atom is -0.353 e. The number of nitrogens with zero attached hydrogens (tertiary/aromatic N) is 1. The van der Waals surface area contributed by atoms with E-state index in [0.717, 1.165) is 31.8 Å². The largest absolute Gasteiger partial charge is 0.353 e. The molecular formula is C26H41N3O2. The van der Waals surface area contributed by atoms with Gasteiger partial charge in [-0.2, -0.15) is 0 Å². The molecule has 0 unspecified atom stereocenters. The normalized spacial score (nSPS) is 19.2. The topological polar surface area (TPSA) is 61.4 Å². The van der Waals surface area contributed by atoms with Crippen molar-refractivity contribution < 1.29 is 9.59 Å². The molecule has 2 aliphatic rings. The highest BCUT2D eigenvalue weighted by Crippen LogP contribution is 2.25. The van der Waals surface area contributed by atoms with Gasteiger partial charge in [-0.25, -0.2) is 0 Å². The molecule has 0 atom stereocenters. The van der Waals surface area contributed by atoms with Gasteiger partial charge in [-0.1, -0.05) is 52.2 Å². The van der Waals surface area contributed by atoms with Crippen LogP contribution in [0.4, 0.5) is 0 Å². The lowest BCUT2D eigenvalue weighted by atomic mass is 9.87. The van der Waals surface area contributed by atoms with Crippen molar-refractivity contribution in [3.63, 3.8) is 0 Å². The summed E-state index contributed by atoms with van der Waals surface area (Å²) in [5, 5.41) is 6.03. The van der Waals surface area contributed by atoms with E-state index < -0.39 is 0 Å². The molecule has 2 amide bonds. The Bertz CT molecular complexity index is 709. The Labute approximate surface area is 188 Å². The number of carbonyl (C=O) groups excluding carboxylic acids is 2. The number of benzene rings is 1. The zero-order chi connectivity index (χ0) is 22.3. The monoisotopic (exact) mass is 427 g/mol. The van der Waals surface area contributed by atoms with E-state index in [1.54, 1.807) is 0 Å². The summed E-state index contributed by atoms with van der Waals surface area (Å²) < 4.78 is 0. The maximum absolute atomic E-state index is 12.3. The number of hydrogen-bond acceptors (Lipinski definition) is 3. The molecule has 1 saturated carbocycles. The summed E-state index contributed by atoms with van der Waals surface area (Å²) in [6, 6.07) is 7.99. The first kappa shape index (κ1) is 23.8. The van der Waals surface area contributed by atoms with E-state index in [2.05, 4.69) is 36.3 Å². The molecular weight excluding hydrogens is 386 g/mol. The summed E-state index contributed by atoms with van der Waals surface area (Å²) in [6.07, 6.45) is 9.39. The summed E-state index contributed by atoms with van der Waals surface area (Å²) in [4.78, 5) is 27.2. The molecule has 1 heterocycles. The third-order valence-corrected chi connectivity index (χ3v) is 6.84. The van der Waals surface area contributed by atoms with Gasteiger partial charge in [0.05, 0.1) is 0 Å². The number of nitrogens with one attached hydrogen (secondary N) is 2. The summed E-state index contributed by atoms with van der Waals surface area (Å²) >= 11 is 0. The van der Waals surface area contributed by atoms with Gasteiger partial charge in [-0.3, -0.25) is 9.59 Å². The third kappa shape index (κ3) is 7.64. The Hall–Kier alpha value is -1.88. The van der Waals surface area contributed by atoms with Crippen molar-refractivity contribution in [1.82, 2.24) is 15.5 Å². The molecule has 1 aliphatic heterocycles. The zero-order valence-electron chi connectivity index (χ0n) is 19.7. The molecule has 2 N–H and O–H groups in total. The van der Waals surface area contributed by atoms with E-state index in [4.69, 9.17) is 0 Å². The van der Waals surface area contributed by atoms with Crippen LogP contribution < -0.4 is 10.6 Å². The fourth-order valence-corrected chi connectivity index (χ4v) is 4.81. The molecule has 31 heavy (non-hydrogen) atoms. The van der Waals surface area contributed by atoms with E-state index in [1.165, 1.54) is 44.2 Å².